The second kappa shape index (κ2) is 9.97. The van der Waals surface area contributed by atoms with Crippen molar-refractivity contribution < 1.29 is 4.42 Å². The summed E-state index contributed by atoms with van der Waals surface area (Å²) < 4.78 is 8.57. The normalized spacial score (nSPS) is 11.4. The van der Waals surface area contributed by atoms with Crippen molar-refractivity contribution in [3.63, 3.8) is 0 Å². The fourth-order valence-corrected chi connectivity index (χ4v) is 5.57. The van der Waals surface area contributed by atoms with E-state index in [9.17, 15) is 0 Å². The van der Waals surface area contributed by atoms with E-state index in [1.807, 2.05) is 36.4 Å². The molecule has 0 aliphatic rings. The molecule has 5 aromatic carbocycles. The Morgan fingerprint density at radius 1 is 0.650 bits per heavy atom. The van der Waals surface area contributed by atoms with Crippen molar-refractivity contribution in [1.29, 1.82) is 0 Å². The fraction of sp³-hybridized carbons (Fsp3) is 0.111. The number of para-hydroxylation sites is 1. The van der Waals surface area contributed by atoms with Gasteiger partial charge in [0.2, 0.25) is 0 Å². The second-order valence-electron chi connectivity index (χ2n) is 10.3. The molecule has 0 amide bonds. The van der Waals surface area contributed by atoms with E-state index in [1.54, 1.807) is 0 Å². The lowest BCUT2D eigenvalue weighted by Crippen LogP contribution is -2.00. The van der Waals surface area contributed by atoms with Gasteiger partial charge in [-0.25, -0.2) is 0 Å². The van der Waals surface area contributed by atoms with E-state index in [0.717, 1.165) is 63.6 Å². The van der Waals surface area contributed by atoms with Crippen LogP contribution in [-0.4, -0.2) is 14.8 Å². The van der Waals surface area contributed by atoms with E-state index in [2.05, 4.69) is 107 Å². The number of aryl methyl sites for hydroxylation is 2. The molecule has 4 nitrogen and oxygen atoms in total. The quantitative estimate of drug-likeness (QED) is 0.220. The molecule has 7 rings (SSSR count). The van der Waals surface area contributed by atoms with Gasteiger partial charge in [0.05, 0.1) is 0 Å². The Labute approximate surface area is 233 Å². The van der Waals surface area contributed by atoms with E-state index in [4.69, 9.17) is 4.42 Å². The monoisotopic (exact) mass is 519 g/mol. The molecule has 0 bridgehead atoms. The zero-order valence-electron chi connectivity index (χ0n) is 22.6. The Balaban J connectivity index is 1.36. The molecule has 4 heteroatoms. The molecule has 0 atom stereocenters. The summed E-state index contributed by atoms with van der Waals surface area (Å²) in [4.78, 5) is 0. The lowest BCUT2D eigenvalue weighted by molar-refractivity contribution is 0.669. The summed E-state index contributed by atoms with van der Waals surface area (Å²) in [6.07, 6.45) is 2.12. The third-order valence-corrected chi connectivity index (χ3v) is 7.49. The molecule has 0 saturated heterocycles. The number of nitrogens with zero attached hydrogens (tertiary/aromatic N) is 3. The standard InChI is InChI=1S/C36H29N3O/c1-3-10-25-22-30(34-32(23-25)31-21-24(2)15-20-33(31)40-34)26-16-18-28(19-17-26)36-38-37-35(27-11-6-4-7-12-27)39(36)29-13-8-5-9-14-29/h4-9,11-23H,3,10H2,1-2H3. The van der Waals surface area contributed by atoms with Gasteiger partial charge in [0.15, 0.2) is 11.6 Å². The first-order chi connectivity index (χ1) is 19.7. The van der Waals surface area contributed by atoms with Crippen LogP contribution >= 0.6 is 0 Å². The minimum atomic E-state index is 0.806. The number of fused-ring (bicyclic) bond motifs is 3. The highest BCUT2D eigenvalue weighted by atomic mass is 16.3. The number of aromatic nitrogens is 3. The second-order valence-corrected chi connectivity index (χ2v) is 10.3. The van der Waals surface area contributed by atoms with E-state index >= 15 is 0 Å². The van der Waals surface area contributed by atoms with Gasteiger partial charge in [-0.15, -0.1) is 10.2 Å². The van der Waals surface area contributed by atoms with Gasteiger partial charge in [-0.2, -0.15) is 0 Å². The van der Waals surface area contributed by atoms with Crippen LogP contribution in [0.15, 0.2) is 120 Å². The Morgan fingerprint density at radius 2 is 1.30 bits per heavy atom. The van der Waals surface area contributed by atoms with Crippen LogP contribution in [0, 0.1) is 6.92 Å². The Kier molecular flexibility index (Phi) is 6.01. The maximum absolute atomic E-state index is 6.44. The number of furan rings is 1. The SMILES string of the molecule is CCCc1cc(-c2ccc(-c3nnc(-c4ccccc4)n3-c3ccccc3)cc2)c2oc3ccc(C)cc3c2c1. The molecule has 0 N–H and O–H groups in total. The summed E-state index contributed by atoms with van der Waals surface area (Å²) in [7, 11) is 0. The molecule has 0 aliphatic carbocycles. The topological polar surface area (TPSA) is 43.9 Å². The van der Waals surface area contributed by atoms with Gasteiger partial charge in [-0.05, 0) is 60.9 Å². The van der Waals surface area contributed by atoms with Gasteiger partial charge >= 0.3 is 0 Å². The van der Waals surface area contributed by atoms with Crippen LogP contribution in [0.5, 0.6) is 0 Å². The highest BCUT2D eigenvalue weighted by molar-refractivity contribution is 6.10. The largest absolute Gasteiger partial charge is 0.455 e. The molecular formula is C36H29N3O. The first-order valence-electron chi connectivity index (χ1n) is 13.8. The van der Waals surface area contributed by atoms with Crippen molar-refractivity contribution in [1.82, 2.24) is 14.8 Å². The predicted octanol–water partition coefficient (Wildman–Crippen LogP) is 9.43. The first kappa shape index (κ1) is 24.1. The van der Waals surface area contributed by atoms with Gasteiger partial charge < -0.3 is 4.42 Å². The van der Waals surface area contributed by atoms with Crippen molar-refractivity contribution in [3.05, 3.63) is 126 Å². The Bertz CT molecular complexity index is 1950. The minimum absolute atomic E-state index is 0.806. The summed E-state index contributed by atoms with van der Waals surface area (Å²) >= 11 is 0. The summed E-state index contributed by atoms with van der Waals surface area (Å²) in [5.41, 5.74) is 9.72. The summed E-state index contributed by atoms with van der Waals surface area (Å²) in [5.74, 6) is 1.62. The van der Waals surface area contributed by atoms with Crippen LogP contribution in [0.25, 0.3) is 61.5 Å². The first-order valence-corrected chi connectivity index (χ1v) is 13.8. The van der Waals surface area contributed by atoms with Gasteiger partial charge in [0, 0.05) is 33.2 Å². The molecule has 0 spiro atoms. The van der Waals surface area contributed by atoms with Crippen LogP contribution in [0.4, 0.5) is 0 Å². The van der Waals surface area contributed by atoms with Gasteiger partial charge in [0.1, 0.15) is 11.2 Å². The zero-order chi connectivity index (χ0) is 27.1. The molecule has 0 fully saturated rings. The molecule has 0 radical (unpaired) electrons. The average Bonchev–Trinajstić information content (AvgIpc) is 3.60. The molecule has 0 saturated carbocycles. The van der Waals surface area contributed by atoms with Gasteiger partial charge in [0.25, 0.3) is 0 Å². The maximum Gasteiger partial charge on any atom is 0.168 e. The highest BCUT2D eigenvalue weighted by Gasteiger charge is 2.18. The molecule has 0 aliphatic heterocycles. The lowest BCUT2D eigenvalue weighted by Gasteiger charge is -2.12. The molecule has 0 unspecified atom stereocenters. The third kappa shape index (κ3) is 4.18. The van der Waals surface area contributed by atoms with E-state index in [0.29, 0.717) is 0 Å². The number of benzene rings is 5. The van der Waals surface area contributed by atoms with Crippen LogP contribution < -0.4 is 0 Å². The smallest absolute Gasteiger partial charge is 0.168 e. The fourth-order valence-electron chi connectivity index (χ4n) is 5.57. The molecule has 2 aromatic heterocycles. The van der Waals surface area contributed by atoms with Crippen molar-refractivity contribution in [2.45, 2.75) is 26.7 Å². The van der Waals surface area contributed by atoms with Crippen molar-refractivity contribution in [3.8, 4) is 39.6 Å². The highest BCUT2D eigenvalue weighted by Crippen LogP contribution is 2.38. The van der Waals surface area contributed by atoms with E-state index in [-0.39, 0.29) is 0 Å². The maximum atomic E-state index is 6.44. The van der Waals surface area contributed by atoms with Gasteiger partial charge in [-0.1, -0.05) is 97.8 Å². The van der Waals surface area contributed by atoms with Crippen LogP contribution in [0.2, 0.25) is 0 Å². The lowest BCUT2D eigenvalue weighted by atomic mass is 9.96. The van der Waals surface area contributed by atoms with Crippen molar-refractivity contribution in [2.24, 2.45) is 0 Å². The van der Waals surface area contributed by atoms with Crippen LogP contribution in [0.3, 0.4) is 0 Å². The Hall–Kier alpha value is -4.96. The van der Waals surface area contributed by atoms with Crippen molar-refractivity contribution in [2.75, 3.05) is 0 Å². The van der Waals surface area contributed by atoms with Crippen molar-refractivity contribution >= 4 is 21.9 Å². The summed E-state index contributed by atoms with van der Waals surface area (Å²) in [6.45, 7) is 4.36. The minimum Gasteiger partial charge on any atom is -0.455 e. The number of hydrogen-bond donors (Lipinski definition) is 0. The summed E-state index contributed by atoms with van der Waals surface area (Å²) in [6, 6.07) is 40.1. The number of rotatable bonds is 6. The summed E-state index contributed by atoms with van der Waals surface area (Å²) in [5, 5.41) is 11.6. The zero-order valence-corrected chi connectivity index (χ0v) is 22.6. The number of hydrogen-bond acceptors (Lipinski definition) is 3. The Morgan fingerprint density at radius 3 is 2.00 bits per heavy atom. The van der Waals surface area contributed by atoms with Gasteiger partial charge in [-0.3, -0.25) is 4.57 Å². The predicted molar refractivity (Wildman–Crippen MR) is 164 cm³/mol. The molecular weight excluding hydrogens is 490 g/mol. The van der Waals surface area contributed by atoms with E-state index in [1.165, 1.54) is 21.9 Å². The van der Waals surface area contributed by atoms with Crippen LogP contribution in [0.1, 0.15) is 24.5 Å². The van der Waals surface area contributed by atoms with E-state index < -0.39 is 0 Å². The van der Waals surface area contributed by atoms with Crippen LogP contribution in [-0.2, 0) is 6.42 Å². The third-order valence-electron chi connectivity index (χ3n) is 7.49. The molecule has 40 heavy (non-hydrogen) atoms. The average molecular weight is 520 g/mol. The molecule has 7 aromatic rings. The molecule has 2 heterocycles. The molecule has 194 valence electrons.